The van der Waals surface area contributed by atoms with Crippen LogP contribution in [0.25, 0.3) is 0 Å². The Labute approximate surface area is 149 Å². The van der Waals surface area contributed by atoms with Gasteiger partial charge in [-0.25, -0.2) is 4.79 Å². The van der Waals surface area contributed by atoms with Crippen molar-refractivity contribution in [2.24, 2.45) is 0 Å². The Hall–Kier alpha value is -1.79. The number of hydrogen-bond donors (Lipinski definition) is 2. The molecule has 2 amide bonds. The van der Waals surface area contributed by atoms with Gasteiger partial charge in [-0.05, 0) is 45.4 Å². The van der Waals surface area contributed by atoms with Crippen molar-refractivity contribution in [1.82, 2.24) is 15.5 Å². The van der Waals surface area contributed by atoms with Gasteiger partial charge < -0.3 is 20.1 Å². The SMILES string of the molecule is Cc1ccc(OCC(C)NC(=O)NCC2CN3CCCC3CO2)cc1. The Morgan fingerprint density at radius 2 is 2.20 bits per heavy atom. The molecule has 1 aromatic rings. The van der Waals surface area contributed by atoms with Crippen LogP contribution in [-0.2, 0) is 4.74 Å². The summed E-state index contributed by atoms with van der Waals surface area (Å²) in [7, 11) is 0. The number of urea groups is 1. The molecule has 2 aliphatic heterocycles. The third-order valence-corrected chi connectivity index (χ3v) is 4.85. The number of benzene rings is 1. The van der Waals surface area contributed by atoms with Gasteiger partial charge in [0.25, 0.3) is 0 Å². The van der Waals surface area contributed by atoms with Crippen LogP contribution in [0.15, 0.2) is 24.3 Å². The van der Waals surface area contributed by atoms with Crippen molar-refractivity contribution >= 4 is 6.03 Å². The number of nitrogens with one attached hydrogen (secondary N) is 2. The van der Waals surface area contributed by atoms with Crippen LogP contribution < -0.4 is 15.4 Å². The van der Waals surface area contributed by atoms with Crippen molar-refractivity contribution in [3.63, 3.8) is 0 Å². The molecule has 3 atom stereocenters. The van der Waals surface area contributed by atoms with Crippen LogP contribution in [0.3, 0.4) is 0 Å². The summed E-state index contributed by atoms with van der Waals surface area (Å²) in [4.78, 5) is 14.5. The smallest absolute Gasteiger partial charge is 0.315 e. The van der Waals surface area contributed by atoms with Gasteiger partial charge in [0.05, 0.1) is 18.8 Å². The average molecular weight is 347 g/mol. The third kappa shape index (κ3) is 5.34. The maximum atomic E-state index is 12.0. The molecule has 6 heteroatoms. The number of aryl methyl sites for hydroxylation is 1. The van der Waals surface area contributed by atoms with E-state index in [2.05, 4.69) is 15.5 Å². The van der Waals surface area contributed by atoms with Crippen LogP contribution in [0.5, 0.6) is 5.75 Å². The van der Waals surface area contributed by atoms with E-state index in [0.717, 1.165) is 25.4 Å². The summed E-state index contributed by atoms with van der Waals surface area (Å²) in [5.74, 6) is 0.815. The molecule has 0 bridgehead atoms. The molecular formula is C19H29N3O3. The van der Waals surface area contributed by atoms with Crippen LogP contribution in [-0.4, -0.2) is 62.0 Å². The Morgan fingerprint density at radius 3 is 3.00 bits per heavy atom. The summed E-state index contributed by atoms with van der Waals surface area (Å²) in [6.45, 7) is 7.81. The highest BCUT2D eigenvalue weighted by molar-refractivity contribution is 5.74. The van der Waals surface area contributed by atoms with Gasteiger partial charge in [0.1, 0.15) is 12.4 Å². The highest BCUT2D eigenvalue weighted by Crippen LogP contribution is 2.22. The minimum absolute atomic E-state index is 0.0726. The lowest BCUT2D eigenvalue weighted by atomic mass is 10.2. The molecule has 3 unspecified atom stereocenters. The summed E-state index contributed by atoms with van der Waals surface area (Å²) in [6, 6.07) is 8.24. The molecule has 2 N–H and O–H groups in total. The fourth-order valence-electron chi connectivity index (χ4n) is 3.39. The predicted octanol–water partition coefficient (Wildman–Crippen LogP) is 1.92. The predicted molar refractivity (Wildman–Crippen MR) is 97.0 cm³/mol. The number of carbonyl (C=O) groups excluding carboxylic acids is 1. The zero-order chi connectivity index (χ0) is 17.6. The first-order chi connectivity index (χ1) is 12.1. The van der Waals surface area contributed by atoms with E-state index >= 15 is 0 Å². The molecule has 0 saturated carbocycles. The Kier molecular flexibility index (Phi) is 6.15. The average Bonchev–Trinajstić information content (AvgIpc) is 3.07. The van der Waals surface area contributed by atoms with Gasteiger partial charge >= 0.3 is 6.03 Å². The second-order valence-electron chi connectivity index (χ2n) is 7.13. The standard InChI is InChI=1S/C19H29N3O3/c1-14-5-7-17(8-6-14)24-12-15(2)21-19(23)20-10-18-11-22-9-3-4-16(22)13-25-18/h5-8,15-16,18H,3-4,9-13H2,1-2H3,(H2,20,21,23). The first-order valence-corrected chi connectivity index (χ1v) is 9.19. The van der Waals surface area contributed by atoms with Crippen LogP contribution >= 0.6 is 0 Å². The summed E-state index contributed by atoms with van der Waals surface area (Å²) in [6.07, 6.45) is 2.57. The molecule has 25 heavy (non-hydrogen) atoms. The highest BCUT2D eigenvalue weighted by atomic mass is 16.5. The number of fused-ring (bicyclic) bond motifs is 1. The van der Waals surface area contributed by atoms with Crippen molar-refractivity contribution in [1.29, 1.82) is 0 Å². The maximum Gasteiger partial charge on any atom is 0.315 e. The summed E-state index contributed by atoms with van der Waals surface area (Å²) in [5.41, 5.74) is 1.20. The molecular weight excluding hydrogens is 318 g/mol. The van der Waals surface area contributed by atoms with Crippen molar-refractivity contribution < 1.29 is 14.3 Å². The molecule has 2 saturated heterocycles. The van der Waals surface area contributed by atoms with Crippen LogP contribution in [0, 0.1) is 6.92 Å². The number of ether oxygens (including phenoxy) is 2. The lowest BCUT2D eigenvalue weighted by Gasteiger charge is -2.35. The zero-order valence-corrected chi connectivity index (χ0v) is 15.2. The monoisotopic (exact) mass is 347 g/mol. The van der Waals surface area contributed by atoms with Gasteiger partial charge in [-0.2, -0.15) is 0 Å². The number of morpholine rings is 1. The maximum absolute atomic E-state index is 12.0. The topological polar surface area (TPSA) is 62.8 Å². The lowest BCUT2D eigenvalue weighted by molar-refractivity contribution is -0.0458. The largest absolute Gasteiger partial charge is 0.491 e. The molecule has 0 aliphatic carbocycles. The fraction of sp³-hybridized carbons (Fsp3) is 0.632. The van der Waals surface area contributed by atoms with E-state index < -0.39 is 0 Å². The van der Waals surface area contributed by atoms with Crippen LogP contribution in [0.1, 0.15) is 25.3 Å². The van der Waals surface area contributed by atoms with Crippen molar-refractivity contribution in [3.8, 4) is 5.75 Å². The second kappa shape index (κ2) is 8.54. The van der Waals surface area contributed by atoms with Crippen LogP contribution in [0.4, 0.5) is 4.79 Å². The number of nitrogens with zero attached hydrogens (tertiary/aromatic N) is 1. The van der Waals surface area contributed by atoms with E-state index in [1.807, 2.05) is 38.1 Å². The van der Waals surface area contributed by atoms with Gasteiger partial charge in [-0.15, -0.1) is 0 Å². The van der Waals surface area contributed by atoms with Crippen molar-refractivity contribution in [3.05, 3.63) is 29.8 Å². The molecule has 1 aromatic carbocycles. The molecule has 0 radical (unpaired) electrons. The van der Waals surface area contributed by atoms with E-state index in [1.54, 1.807) is 0 Å². The normalized spacial score (nSPS) is 24.4. The number of amides is 2. The number of carbonyl (C=O) groups is 1. The van der Waals surface area contributed by atoms with Gasteiger partial charge in [-0.3, -0.25) is 4.90 Å². The van der Waals surface area contributed by atoms with E-state index in [-0.39, 0.29) is 18.2 Å². The second-order valence-corrected chi connectivity index (χ2v) is 7.13. The summed E-state index contributed by atoms with van der Waals surface area (Å²) in [5, 5.41) is 5.81. The Morgan fingerprint density at radius 1 is 1.40 bits per heavy atom. The van der Waals surface area contributed by atoms with Crippen molar-refractivity contribution in [2.75, 3.05) is 32.8 Å². The van der Waals surface area contributed by atoms with E-state index in [4.69, 9.17) is 9.47 Å². The Balaban J connectivity index is 1.32. The number of hydrogen-bond acceptors (Lipinski definition) is 4. The van der Waals surface area contributed by atoms with Gasteiger partial charge in [0.2, 0.25) is 0 Å². The third-order valence-electron chi connectivity index (χ3n) is 4.85. The Bertz CT molecular complexity index is 564. The summed E-state index contributed by atoms with van der Waals surface area (Å²) < 4.78 is 11.5. The molecule has 2 fully saturated rings. The van der Waals surface area contributed by atoms with E-state index in [0.29, 0.717) is 19.2 Å². The van der Waals surface area contributed by atoms with Gasteiger partial charge in [-0.1, -0.05) is 17.7 Å². The molecule has 0 aromatic heterocycles. The van der Waals surface area contributed by atoms with E-state index in [9.17, 15) is 4.79 Å². The highest BCUT2D eigenvalue weighted by Gasteiger charge is 2.32. The molecule has 2 heterocycles. The zero-order valence-electron chi connectivity index (χ0n) is 15.2. The fourth-order valence-corrected chi connectivity index (χ4v) is 3.39. The minimum atomic E-state index is -0.174. The quantitative estimate of drug-likeness (QED) is 0.825. The first-order valence-electron chi connectivity index (χ1n) is 9.19. The van der Waals surface area contributed by atoms with Crippen molar-refractivity contribution in [2.45, 2.75) is 44.9 Å². The van der Waals surface area contributed by atoms with E-state index in [1.165, 1.54) is 18.4 Å². The molecule has 6 nitrogen and oxygen atoms in total. The molecule has 3 rings (SSSR count). The lowest BCUT2D eigenvalue weighted by Crippen LogP contribution is -2.52. The van der Waals surface area contributed by atoms with Gasteiger partial charge in [0.15, 0.2) is 0 Å². The molecule has 0 spiro atoms. The molecule has 138 valence electrons. The minimum Gasteiger partial charge on any atom is -0.491 e. The first kappa shape index (κ1) is 18.0. The molecule has 2 aliphatic rings. The van der Waals surface area contributed by atoms with Gasteiger partial charge in [0, 0.05) is 19.1 Å². The van der Waals surface area contributed by atoms with Crippen LogP contribution in [0.2, 0.25) is 0 Å². The number of rotatable bonds is 6. The summed E-state index contributed by atoms with van der Waals surface area (Å²) >= 11 is 0.